The van der Waals surface area contributed by atoms with Gasteiger partial charge in [-0.15, -0.1) is 0 Å². The number of hydrogen-bond donors (Lipinski definition) is 0. The minimum Gasteiger partial charge on any atom is -0.491 e. The van der Waals surface area contributed by atoms with E-state index in [1.165, 1.54) is 6.07 Å². The van der Waals surface area contributed by atoms with Crippen molar-refractivity contribution < 1.29 is 14.9 Å². The highest BCUT2D eigenvalue weighted by atomic mass is 19.2. The molecule has 4 aromatic rings. The number of aromatic nitrogens is 2. The van der Waals surface area contributed by atoms with Crippen molar-refractivity contribution in [2.24, 2.45) is 0 Å². The van der Waals surface area contributed by atoms with Crippen LogP contribution in [-0.2, 0) is 0 Å². The van der Waals surface area contributed by atoms with Gasteiger partial charge in [0.2, 0.25) is 0 Å². The van der Waals surface area contributed by atoms with E-state index >= 15 is 0 Å². The number of hydrogen-bond acceptors (Lipinski definition) is 3. The number of halogens is 2. The first-order chi connectivity index (χ1) is 14.3. The first-order valence-corrected chi connectivity index (χ1v) is 9.73. The Labute approximate surface area is 176 Å². The van der Waals surface area contributed by atoms with Gasteiger partial charge in [0.15, 0.2) is 11.6 Å². The second kappa shape index (κ2) is 9.44. The van der Waals surface area contributed by atoms with E-state index in [9.17, 15) is 8.78 Å². The van der Waals surface area contributed by atoms with Crippen molar-refractivity contribution in [3.8, 4) is 17.0 Å². The zero-order valence-electron chi connectivity index (χ0n) is 17.5. The van der Waals surface area contributed by atoms with E-state index in [0.717, 1.165) is 51.2 Å². The molecule has 0 radical (unpaired) electrons. The standard InChI is InChI=1S/C18H18N2O.C7H6F2.H2/c1-12(2)21-16-7-6-14-9-18(15-5-4-8-19-11-15)20-13(3)17(14)10-16;1-5-2-3-6(8)7(9)4-5;/h4-12H,1-3H3;2-4H,1H3;1H. The van der Waals surface area contributed by atoms with E-state index in [2.05, 4.69) is 23.2 Å². The Balaban J connectivity index is 0.000000289. The van der Waals surface area contributed by atoms with Crippen molar-refractivity contribution in [2.75, 3.05) is 0 Å². The van der Waals surface area contributed by atoms with Crippen molar-refractivity contribution in [3.63, 3.8) is 0 Å². The van der Waals surface area contributed by atoms with Crippen LogP contribution in [0.2, 0.25) is 0 Å². The highest BCUT2D eigenvalue weighted by Crippen LogP contribution is 2.27. The molecule has 0 atom stereocenters. The predicted molar refractivity (Wildman–Crippen MR) is 119 cm³/mol. The average Bonchev–Trinajstić information content (AvgIpc) is 2.72. The average molecular weight is 408 g/mol. The summed E-state index contributed by atoms with van der Waals surface area (Å²) in [7, 11) is 0. The lowest BCUT2D eigenvalue weighted by Crippen LogP contribution is -2.05. The fourth-order valence-electron chi connectivity index (χ4n) is 3.00. The fraction of sp³-hybridized carbons (Fsp3) is 0.200. The minimum atomic E-state index is -0.791. The topological polar surface area (TPSA) is 35.0 Å². The van der Waals surface area contributed by atoms with Gasteiger partial charge in [0.05, 0.1) is 11.8 Å². The molecule has 4 rings (SSSR count). The van der Waals surface area contributed by atoms with Gasteiger partial charge in [0, 0.05) is 30.5 Å². The third-order valence-electron chi connectivity index (χ3n) is 4.40. The SMILES string of the molecule is Cc1ccc(F)c(F)c1.Cc1nc(-c2cccnc2)cc2ccc(OC(C)C)cc12.[HH]. The Morgan fingerprint density at radius 1 is 0.933 bits per heavy atom. The normalized spacial score (nSPS) is 10.6. The van der Waals surface area contributed by atoms with Crippen LogP contribution in [0.3, 0.4) is 0 Å². The molecule has 0 fully saturated rings. The summed E-state index contributed by atoms with van der Waals surface area (Å²) in [6.45, 7) is 7.80. The Kier molecular flexibility index (Phi) is 6.72. The van der Waals surface area contributed by atoms with E-state index in [1.807, 2.05) is 45.2 Å². The van der Waals surface area contributed by atoms with Crippen LogP contribution < -0.4 is 4.74 Å². The number of rotatable bonds is 3. The highest BCUT2D eigenvalue weighted by Gasteiger charge is 2.07. The van der Waals surface area contributed by atoms with Gasteiger partial charge in [0.25, 0.3) is 0 Å². The largest absolute Gasteiger partial charge is 0.491 e. The van der Waals surface area contributed by atoms with Crippen LogP contribution in [0.5, 0.6) is 5.75 Å². The van der Waals surface area contributed by atoms with Gasteiger partial charge >= 0.3 is 0 Å². The molecule has 0 N–H and O–H groups in total. The lowest BCUT2D eigenvalue weighted by molar-refractivity contribution is 0.243. The molecule has 2 aromatic heterocycles. The van der Waals surface area contributed by atoms with Crippen LogP contribution in [0.15, 0.2) is 67.0 Å². The van der Waals surface area contributed by atoms with Gasteiger partial charge in [-0.2, -0.15) is 0 Å². The molecule has 5 heteroatoms. The molecule has 0 amide bonds. The summed E-state index contributed by atoms with van der Waals surface area (Å²) in [5, 5.41) is 2.29. The molecular formula is C25H26F2N2O. The van der Waals surface area contributed by atoms with Gasteiger partial charge in [-0.05, 0) is 81.1 Å². The van der Waals surface area contributed by atoms with Crippen molar-refractivity contribution in [2.45, 2.75) is 33.8 Å². The summed E-state index contributed by atoms with van der Waals surface area (Å²) in [4.78, 5) is 8.85. The van der Waals surface area contributed by atoms with Crippen LogP contribution in [0.1, 0.15) is 26.5 Å². The third-order valence-corrected chi connectivity index (χ3v) is 4.40. The molecule has 0 aliphatic carbocycles. The lowest BCUT2D eigenvalue weighted by Gasteiger charge is -2.12. The number of ether oxygens (including phenoxy) is 1. The second-order valence-corrected chi connectivity index (χ2v) is 7.30. The van der Waals surface area contributed by atoms with Gasteiger partial charge in [0.1, 0.15) is 5.75 Å². The summed E-state index contributed by atoms with van der Waals surface area (Å²) in [5.41, 5.74) is 3.71. The monoisotopic (exact) mass is 408 g/mol. The van der Waals surface area contributed by atoms with Crippen LogP contribution >= 0.6 is 0 Å². The minimum absolute atomic E-state index is 0. The summed E-state index contributed by atoms with van der Waals surface area (Å²) in [5.74, 6) is -0.688. The first kappa shape index (κ1) is 21.4. The van der Waals surface area contributed by atoms with Gasteiger partial charge in [-0.3, -0.25) is 9.97 Å². The van der Waals surface area contributed by atoms with Crippen LogP contribution in [-0.4, -0.2) is 16.1 Å². The van der Waals surface area contributed by atoms with Gasteiger partial charge in [-0.1, -0.05) is 12.1 Å². The van der Waals surface area contributed by atoms with Crippen molar-refractivity contribution in [1.29, 1.82) is 0 Å². The molecule has 30 heavy (non-hydrogen) atoms. The molecule has 0 aliphatic heterocycles. The fourth-order valence-corrected chi connectivity index (χ4v) is 3.00. The molecule has 156 valence electrons. The van der Waals surface area contributed by atoms with Gasteiger partial charge in [-0.25, -0.2) is 8.78 Å². The summed E-state index contributed by atoms with van der Waals surface area (Å²) < 4.78 is 30.1. The maximum Gasteiger partial charge on any atom is 0.159 e. The zero-order chi connectivity index (χ0) is 21.7. The Hall–Kier alpha value is -3.34. The molecule has 0 unspecified atom stereocenters. The Morgan fingerprint density at radius 3 is 2.37 bits per heavy atom. The molecule has 0 spiro atoms. The summed E-state index contributed by atoms with van der Waals surface area (Å²) in [6.07, 6.45) is 3.78. The second-order valence-electron chi connectivity index (χ2n) is 7.30. The quantitative estimate of drug-likeness (QED) is 0.369. The number of nitrogens with zero attached hydrogens (tertiary/aromatic N) is 2. The molecule has 0 saturated heterocycles. The third kappa shape index (κ3) is 5.38. The Bertz CT molecular complexity index is 1150. The van der Waals surface area contributed by atoms with Crippen LogP contribution in [0, 0.1) is 25.5 Å². The highest BCUT2D eigenvalue weighted by molar-refractivity contribution is 5.88. The predicted octanol–water partition coefficient (Wildman–Crippen LogP) is 6.91. The molecule has 0 aliphatic rings. The van der Waals surface area contributed by atoms with E-state index in [1.54, 1.807) is 13.1 Å². The van der Waals surface area contributed by atoms with E-state index in [0.29, 0.717) is 0 Å². The van der Waals surface area contributed by atoms with Crippen LogP contribution in [0.4, 0.5) is 8.78 Å². The summed E-state index contributed by atoms with van der Waals surface area (Å²) >= 11 is 0. The zero-order valence-corrected chi connectivity index (χ0v) is 17.5. The van der Waals surface area contributed by atoms with E-state index < -0.39 is 11.6 Å². The van der Waals surface area contributed by atoms with Crippen molar-refractivity contribution in [3.05, 3.63) is 89.9 Å². The smallest absolute Gasteiger partial charge is 0.159 e. The maximum absolute atomic E-state index is 12.2. The van der Waals surface area contributed by atoms with E-state index in [-0.39, 0.29) is 7.53 Å². The molecule has 3 nitrogen and oxygen atoms in total. The maximum atomic E-state index is 12.2. The van der Waals surface area contributed by atoms with Gasteiger partial charge < -0.3 is 4.74 Å². The molecule has 0 bridgehead atoms. The number of benzene rings is 2. The molecule has 2 heterocycles. The molecule has 0 saturated carbocycles. The van der Waals surface area contributed by atoms with Crippen LogP contribution in [0.25, 0.3) is 22.0 Å². The molecular weight excluding hydrogens is 382 g/mol. The van der Waals surface area contributed by atoms with Crippen molar-refractivity contribution in [1.82, 2.24) is 9.97 Å². The molecule has 2 aromatic carbocycles. The summed E-state index contributed by atoms with van der Waals surface area (Å²) in [6, 6.07) is 16.0. The van der Waals surface area contributed by atoms with E-state index in [4.69, 9.17) is 9.72 Å². The van der Waals surface area contributed by atoms with Crippen molar-refractivity contribution >= 4 is 10.8 Å². The number of fused-ring (bicyclic) bond motifs is 1. The number of aryl methyl sites for hydroxylation is 2. The lowest BCUT2D eigenvalue weighted by atomic mass is 10.1. The first-order valence-electron chi connectivity index (χ1n) is 9.73. The Morgan fingerprint density at radius 2 is 1.73 bits per heavy atom. The number of pyridine rings is 2.